The summed E-state index contributed by atoms with van der Waals surface area (Å²) < 4.78 is 1.74. The molecule has 0 unspecified atom stereocenters. The van der Waals surface area contributed by atoms with Crippen LogP contribution in [-0.2, 0) is 0 Å². The zero-order chi connectivity index (χ0) is 12.3. The Morgan fingerprint density at radius 3 is 2.88 bits per heavy atom. The highest BCUT2D eigenvalue weighted by molar-refractivity contribution is 14.1. The standard InChI is InChI=1S/C11H7BrIN3O/c12-9-4-3-7(13)6-8(9)11(17)15-10-2-1-5-14-16-10/h1-6H,(H,15,16,17). The molecule has 86 valence electrons. The number of benzene rings is 1. The molecule has 2 rings (SSSR count). The number of nitrogens with one attached hydrogen (secondary N) is 1. The van der Waals surface area contributed by atoms with Gasteiger partial charge >= 0.3 is 0 Å². The van der Waals surface area contributed by atoms with Crippen LogP contribution >= 0.6 is 38.5 Å². The molecule has 0 aliphatic carbocycles. The van der Waals surface area contributed by atoms with Gasteiger partial charge in [0.05, 0.1) is 5.56 Å². The number of halogens is 2. The van der Waals surface area contributed by atoms with Crippen LogP contribution in [0.5, 0.6) is 0 Å². The number of carbonyl (C=O) groups excluding carboxylic acids is 1. The van der Waals surface area contributed by atoms with Crippen molar-refractivity contribution < 1.29 is 4.79 Å². The Kier molecular flexibility index (Phi) is 4.06. The van der Waals surface area contributed by atoms with E-state index in [2.05, 4.69) is 54.0 Å². The number of hydrogen-bond acceptors (Lipinski definition) is 3. The van der Waals surface area contributed by atoms with Gasteiger partial charge in [0.15, 0.2) is 5.82 Å². The number of aromatic nitrogens is 2. The highest BCUT2D eigenvalue weighted by Crippen LogP contribution is 2.20. The minimum Gasteiger partial charge on any atom is -0.305 e. The van der Waals surface area contributed by atoms with Crippen molar-refractivity contribution in [2.75, 3.05) is 5.32 Å². The second kappa shape index (κ2) is 5.54. The summed E-state index contributed by atoms with van der Waals surface area (Å²) >= 11 is 5.50. The Hall–Kier alpha value is -1.02. The van der Waals surface area contributed by atoms with Crippen molar-refractivity contribution in [1.29, 1.82) is 0 Å². The van der Waals surface area contributed by atoms with E-state index in [4.69, 9.17) is 0 Å². The van der Waals surface area contributed by atoms with Crippen LogP contribution in [0.1, 0.15) is 10.4 Å². The van der Waals surface area contributed by atoms with Crippen molar-refractivity contribution in [3.8, 4) is 0 Å². The molecule has 0 aliphatic rings. The lowest BCUT2D eigenvalue weighted by atomic mass is 10.2. The van der Waals surface area contributed by atoms with Crippen LogP contribution in [0.3, 0.4) is 0 Å². The maximum atomic E-state index is 12.0. The average molecular weight is 404 g/mol. The first kappa shape index (κ1) is 12.4. The average Bonchev–Trinajstić information content (AvgIpc) is 2.33. The van der Waals surface area contributed by atoms with Crippen LogP contribution in [-0.4, -0.2) is 16.1 Å². The third-order valence-corrected chi connectivity index (χ3v) is 3.35. The summed E-state index contributed by atoms with van der Waals surface area (Å²) in [6.45, 7) is 0. The maximum absolute atomic E-state index is 12.0. The van der Waals surface area contributed by atoms with E-state index in [9.17, 15) is 4.79 Å². The summed E-state index contributed by atoms with van der Waals surface area (Å²) in [6, 6.07) is 8.96. The number of nitrogens with zero attached hydrogens (tertiary/aromatic N) is 2. The van der Waals surface area contributed by atoms with Crippen LogP contribution in [0.25, 0.3) is 0 Å². The fraction of sp³-hybridized carbons (Fsp3) is 0. The first-order valence-electron chi connectivity index (χ1n) is 4.71. The van der Waals surface area contributed by atoms with Crippen LogP contribution in [0, 0.1) is 3.57 Å². The largest absolute Gasteiger partial charge is 0.305 e. The number of rotatable bonds is 2. The molecule has 17 heavy (non-hydrogen) atoms. The number of anilines is 1. The molecule has 0 bridgehead atoms. The predicted octanol–water partition coefficient (Wildman–Crippen LogP) is 3.10. The molecular formula is C11H7BrIN3O. The van der Waals surface area contributed by atoms with E-state index in [1.807, 2.05) is 12.1 Å². The van der Waals surface area contributed by atoms with Crippen molar-refractivity contribution in [2.24, 2.45) is 0 Å². The van der Waals surface area contributed by atoms with E-state index in [1.54, 1.807) is 24.4 Å². The molecule has 1 N–H and O–H groups in total. The first-order valence-corrected chi connectivity index (χ1v) is 6.58. The SMILES string of the molecule is O=C(Nc1cccnn1)c1cc(I)ccc1Br. The molecule has 0 atom stereocenters. The van der Waals surface area contributed by atoms with E-state index in [0.717, 1.165) is 8.04 Å². The van der Waals surface area contributed by atoms with E-state index in [1.165, 1.54) is 0 Å². The highest BCUT2D eigenvalue weighted by Gasteiger charge is 2.11. The Balaban J connectivity index is 2.23. The Morgan fingerprint density at radius 2 is 2.18 bits per heavy atom. The molecule has 0 saturated carbocycles. The molecule has 0 radical (unpaired) electrons. The quantitative estimate of drug-likeness (QED) is 0.784. The molecule has 6 heteroatoms. The van der Waals surface area contributed by atoms with Gasteiger partial charge in [-0.05, 0) is 68.9 Å². The van der Waals surface area contributed by atoms with Gasteiger partial charge in [-0.25, -0.2) is 0 Å². The first-order chi connectivity index (χ1) is 8.16. The molecule has 0 fully saturated rings. The fourth-order valence-corrected chi connectivity index (χ4v) is 2.14. The van der Waals surface area contributed by atoms with Crippen LogP contribution in [0.15, 0.2) is 41.0 Å². The van der Waals surface area contributed by atoms with E-state index < -0.39 is 0 Å². The third kappa shape index (κ3) is 3.22. The molecule has 4 nitrogen and oxygen atoms in total. The fourth-order valence-electron chi connectivity index (χ4n) is 1.22. The highest BCUT2D eigenvalue weighted by atomic mass is 127. The van der Waals surface area contributed by atoms with Crippen molar-refractivity contribution in [3.05, 3.63) is 50.1 Å². The van der Waals surface area contributed by atoms with Gasteiger partial charge in [-0.1, -0.05) is 0 Å². The lowest BCUT2D eigenvalue weighted by Gasteiger charge is -2.05. The van der Waals surface area contributed by atoms with E-state index >= 15 is 0 Å². The minimum absolute atomic E-state index is 0.212. The van der Waals surface area contributed by atoms with Crippen LogP contribution in [0.4, 0.5) is 5.82 Å². The summed E-state index contributed by atoms with van der Waals surface area (Å²) in [5.74, 6) is 0.221. The minimum atomic E-state index is -0.212. The Labute approximate surface area is 120 Å². The van der Waals surface area contributed by atoms with Crippen molar-refractivity contribution >= 4 is 50.2 Å². The van der Waals surface area contributed by atoms with Gasteiger partial charge < -0.3 is 5.32 Å². The Morgan fingerprint density at radius 1 is 1.35 bits per heavy atom. The molecule has 1 heterocycles. The van der Waals surface area contributed by atoms with Crippen molar-refractivity contribution in [2.45, 2.75) is 0 Å². The Bertz CT molecular complexity index is 548. The molecule has 0 aliphatic heterocycles. The van der Waals surface area contributed by atoms with Gasteiger partial charge in [0.2, 0.25) is 0 Å². The van der Waals surface area contributed by atoms with Gasteiger partial charge in [-0.3, -0.25) is 4.79 Å². The molecule has 1 amide bonds. The monoisotopic (exact) mass is 403 g/mol. The summed E-state index contributed by atoms with van der Waals surface area (Å²) in [6.07, 6.45) is 1.55. The maximum Gasteiger partial charge on any atom is 0.258 e. The van der Waals surface area contributed by atoms with Gasteiger partial charge in [-0.15, -0.1) is 5.10 Å². The van der Waals surface area contributed by atoms with E-state index in [0.29, 0.717) is 11.4 Å². The van der Waals surface area contributed by atoms with Crippen LogP contribution < -0.4 is 5.32 Å². The second-order valence-corrected chi connectivity index (χ2v) is 5.29. The zero-order valence-corrected chi connectivity index (χ0v) is 12.3. The normalized spacial score (nSPS) is 10.0. The van der Waals surface area contributed by atoms with E-state index in [-0.39, 0.29) is 5.91 Å². The zero-order valence-electron chi connectivity index (χ0n) is 8.52. The summed E-state index contributed by atoms with van der Waals surface area (Å²) in [7, 11) is 0. The molecule has 0 saturated heterocycles. The molecule has 1 aromatic carbocycles. The lowest BCUT2D eigenvalue weighted by Crippen LogP contribution is -2.14. The number of amides is 1. The molecular weight excluding hydrogens is 397 g/mol. The molecule has 1 aromatic heterocycles. The summed E-state index contributed by atoms with van der Waals surface area (Å²) in [5, 5.41) is 10.2. The third-order valence-electron chi connectivity index (χ3n) is 1.99. The molecule has 2 aromatic rings. The number of hydrogen-bond donors (Lipinski definition) is 1. The topological polar surface area (TPSA) is 54.9 Å². The van der Waals surface area contributed by atoms with Gasteiger partial charge in [0.1, 0.15) is 0 Å². The summed E-state index contributed by atoms with van der Waals surface area (Å²) in [4.78, 5) is 12.0. The van der Waals surface area contributed by atoms with Crippen molar-refractivity contribution in [1.82, 2.24) is 10.2 Å². The van der Waals surface area contributed by atoms with Crippen LogP contribution in [0.2, 0.25) is 0 Å². The van der Waals surface area contributed by atoms with Gasteiger partial charge in [0, 0.05) is 14.2 Å². The lowest BCUT2D eigenvalue weighted by molar-refractivity contribution is 0.102. The van der Waals surface area contributed by atoms with Gasteiger partial charge in [0.25, 0.3) is 5.91 Å². The predicted molar refractivity (Wildman–Crippen MR) is 76.8 cm³/mol. The second-order valence-electron chi connectivity index (χ2n) is 3.19. The smallest absolute Gasteiger partial charge is 0.258 e. The summed E-state index contributed by atoms with van der Waals surface area (Å²) in [5.41, 5.74) is 0.572. The van der Waals surface area contributed by atoms with Gasteiger partial charge in [-0.2, -0.15) is 5.10 Å². The van der Waals surface area contributed by atoms with Crippen molar-refractivity contribution in [3.63, 3.8) is 0 Å². The number of carbonyl (C=O) groups is 1. The molecule has 0 spiro atoms.